The van der Waals surface area contributed by atoms with Crippen molar-refractivity contribution < 1.29 is 4.39 Å². The summed E-state index contributed by atoms with van der Waals surface area (Å²) in [7, 11) is 2.14. The normalized spacial score (nSPS) is 25.2. The second kappa shape index (κ2) is 5.76. The van der Waals surface area contributed by atoms with Crippen LogP contribution in [0.5, 0.6) is 0 Å². The molecule has 0 bridgehead atoms. The molecule has 2 unspecified atom stereocenters. The molecule has 1 heterocycles. The number of benzene rings is 1. The maximum atomic E-state index is 13.2. The third-order valence-electron chi connectivity index (χ3n) is 3.56. The lowest BCUT2D eigenvalue weighted by atomic mass is 9.98. The van der Waals surface area contributed by atoms with Crippen molar-refractivity contribution in [2.45, 2.75) is 31.8 Å². The molecule has 1 aliphatic heterocycles. The van der Waals surface area contributed by atoms with Crippen molar-refractivity contribution in [3.8, 4) is 0 Å². The number of nitrogens with one attached hydrogen (secondary N) is 1. The first-order chi connectivity index (χ1) is 8.47. The van der Waals surface area contributed by atoms with Crippen molar-refractivity contribution >= 4 is 33.2 Å². The van der Waals surface area contributed by atoms with Crippen LogP contribution in [0.15, 0.2) is 16.6 Å². The molecule has 1 fully saturated rings. The second-order valence-electron chi connectivity index (χ2n) is 4.94. The Kier molecular flexibility index (Phi) is 4.51. The monoisotopic (exact) mass is 334 g/mol. The van der Waals surface area contributed by atoms with E-state index in [0.29, 0.717) is 21.6 Å². The summed E-state index contributed by atoms with van der Waals surface area (Å²) in [5, 5.41) is 3.85. The van der Waals surface area contributed by atoms with Crippen LogP contribution in [0.2, 0.25) is 5.02 Å². The minimum Gasteiger partial charge on any atom is -0.380 e. The fourth-order valence-corrected chi connectivity index (χ4v) is 3.23. The number of piperidine rings is 1. The van der Waals surface area contributed by atoms with E-state index in [9.17, 15) is 4.39 Å². The lowest BCUT2D eigenvalue weighted by Gasteiger charge is -2.36. The molecule has 18 heavy (non-hydrogen) atoms. The molecule has 1 saturated heterocycles. The van der Waals surface area contributed by atoms with Crippen LogP contribution in [-0.2, 0) is 0 Å². The number of hydrogen-bond acceptors (Lipinski definition) is 2. The molecule has 2 nitrogen and oxygen atoms in total. The summed E-state index contributed by atoms with van der Waals surface area (Å²) in [6, 6.07) is 3.71. The van der Waals surface area contributed by atoms with E-state index in [1.54, 1.807) is 0 Å². The zero-order chi connectivity index (χ0) is 13.3. The van der Waals surface area contributed by atoms with Gasteiger partial charge in [-0.25, -0.2) is 4.39 Å². The van der Waals surface area contributed by atoms with Crippen LogP contribution in [0.3, 0.4) is 0 Å². The van der Waals surface area contributed by atoms with Gasteiger partial charge in [0.2, 0.25) is 0 Å². The number of rotatable bonds is 2. The number of hydrogen-bond donors (Lipinski definition) is 1. The van der Waals surface area contributed by atoms with Crippen molar-refractivity contribution in [3.05, 3.63) is 27.4 Å². The summed E-state index contributed by atoms with van der Waals surface area (Å²) in [5.41, 5.74) is 0.791. The summed E-state index contributed by atoms with van der Waals surface area (Å²) in [6.07, 6.45) is 2.14. The van der Waals surface area contributed by atoms with Crippen LogP contribution in [0.1, 0.15) is 19.8 Å². The van der Waals surface area contributed by atoms with Crippen LogP contribution < -0.4 is 5.32 Å². The maximum absolute atomic E-state index is 13.2. The smallest absolute Gasteiger partial charge is 0.125 e. The minimum absolute atomic E-state index is 0.325. The lowest BCUT2D eigenvalue weighted by Crippen LogP contribution is -2.42. The van der Waals surface area contributed by atoms with Gasteiger partial charge in [0.25, 0.3) is 0 Å². The Hall–Kier alpha value is -0.320. The molecule has 0 saturated carbocycles. The first-order valence-corrected chi connectivity index (χ1v) is 7.26. The zero-order valence-corrected chi connectivity index (χ0v) is 12.9. The lowest BCUT2D eigenvalue weighted by molar-refractivity contribution is 0.190. The van der Waals surface area contributed by atoms with Gasteiger partial charge in [-0.2, -0.15) is 0 Å². The first-order valence-electron chi connectivity index (χ1n) is 6.08. The summed E-state index contributed by atoms with van der Waals surface area (Å²) in [6.45, 7) is 3.28. The van der Waals surface area contributed by atoms with E-state index in [-0.39, 0.29) is 5.82 Å². The predicted molar refractivity (Wildman–Crippen MR) is 77.8 cm³/mol. The molecule has 0 radical (unpaired) electrons. The zero-order valence-electron chi connectivity index (χ0n) is 10.5. The van der Waals surface area contributed by atoms with Crippen molar-refractivity contribution in [3.63, 3.8) is 0 Å². The molecule has 1 N–H and O–H groups in total. The molecule has 1 aromatic carbocycles. The van der Waals surface area contributed by atoms with Gasteiger partial charge in [0, 0.05) is 23.1 Å². The van der Waals surface area contributed by atoms with E-state index >= 15 is 0 Å². The Morgan fingerprint density at radius 3 is 2.83 bits per heavy atom. The first kappa shape index (κ1) is 14.1. The second-order valence-corrected chi connectivity index (χ2v) is 6.20. The average molecular weight is 336 g/mol. The van der Waals surface area contributed by atoms with Gasteiger partial charge in [0.15, 0.2) is 0 Å². The fraction of sp³-hybridized carbons (Fsp3) is 0.538. The molecule has 0 aliphatic carbocycles. The van der Waals surface area contributed by atoms with E-state index < -0.39 is 0 Å². The number of nitrogens with zero attached hydrogens (tertiary/aromatic N) is 1. The third-order valence-corrected chi connectivity index (χ3v) is 4.49. The topological polar surface area (TPSA) is 15.3 Å². The molecule has 1 aromatic rings. The van der Waals surface area contributed by atoms with Crippen LogP contribution in [0, 0.1) is 5.82 Å². The molecular formula is C13H17BrClFN2. The minimum atomic E-state index is -0.325. The van der Waals surface area contributed by atoms with E-state index in [4.69, 9.17) is 11.6 Å². The van der Waals surface area contributed by atoms with Crippen molar-refractivity contribution in [2.24, 2.45) is 0 Å². The predicted octanol–water partition coefficient (Wildman–Crippen LogP) is 4.14. The maximum Gasteiger partial charge on any atom is 0.125 e. The SMILES string of the molecule is CC1CC(Nc2c(Cl)cc(F)cc2Br)CCN1C. The molecule has 2 rings (SSSR count). The molecule has 0 spiro atoms. The highest BCUT2D eigenvalue weighted by Crippen LogP contribution is 2.33. The van der Waals surface area contributed by atoms with Crippen LogP contribution in [0.25, 0.3) is 0 Å². The highest BCUT2D eigenvalue weighted by atomic mass is 79.9. The summed E-state index contributed by atoms with van der Waals surface area (Å²) in [5.74, 6) is -0.325. The van der Waals surface area contributed by atoms with Crippen LogP contribution in [-0.4, -0.2) is 30.6 Å². The van der Waals surface area contributed by atoms with Gasteiger partial charge in [0.05, 0.1) is 10.7 Å². The van der Waals surface area contributed by atoms with Crippen LogP contribution in [0.4, 0.5) is 10.1 Å². The van der Waals surface area contributed by atoms with Gasteiger partial charge in [0.1, 0.15) is 5.82 Å². The fourth-order valence-electron chi connectivity index (χ4n) is 2.30. The Morgan fingerprint density at radius 2 is 2.22 bits per heavy atom. The van der Waals surface area contributed by atoms with Gasteiger partial charge < -0.3 is 10.2 Å². The quantitative estimate of drug-likeness (QED) is 0.874. The van der Waals surface area contributed by atoms with Crippen molar-refractivity contribution in [2.75, 3.05) is 18.9 Å². The number of likely N-dealkylation sites (tertiary alicyclic amines) is 1. The molecule has 2 atom stereocenters. The van der Waals surface area contributed by atoms with Gasteiger partial charge in [-0.15, -0.1) is 0 Å². The highest BCUT2D eigenvalue weighted by Gasteiger charge is 2.23. The van der Waals surface area contributed by atoms with Crippen molar-refractivity contribution in [1.29, 1.82) is 0 Å². The average Bonchev–Trinajstić information content (AvgIpc) is 2.28. The molecule has 1 aliphatic rings. The van der Waals surface area contributed by atoms with Crippen molar-refractivity contribution in [1.82, 2.24) is 4.90 Å². The number of halogens is 3. The largest absolute Gasteiger partial charge is 0.380 e. The van der Waals surface area contributed by atoms with Gasteiger partial charge in [-0.05, 0) is 54.9 Å². The summed E-state index contributed by atoms with van der Waals surface area (Å²) in [4.78, 5) is 2.35. The highest BCUT2D eigenvalue weighted by molar-refractivity contribution is 9.10. The summed E-state index contributed by atoms with van der Waals surface area (Å²) >= 11 is 9.43. The Morgan fingerprint density at radius 1 is 1.50 bits per heavy atom. The molecule has 5 heteroatoms. The van der Waals surface area contributed by atoms with Crippen LogP contribution >= 0.6 is 27.5 Å². The number of anilines is 1. The van der Waals surface area contributed by atoms with E-state index in [1.807, 2.05) is 0 Å². The molecule has 0 amide bonds. The van der Waals surface area contributed by atoms with Gasteiger partial charge >= 0.3 is 0 Å². The summed E-state index contributed by atoms with van der Waals surface area (Å²) < 4.78 is 13.8. The van der Waals surface area contributed by atoms with Gasteiger partial charge in [-0.3, -0.25) is 0 Å². The Labute approximate surface area is 121 Å². The standard InChI is InChI=1S/C13H17BrClFN2/c1-8-5-10(3-4-18(8)2)17-13-11(14)6-9(16)7-12(13)15/h6-8,10,17H,3-5H2,1-2H3. The van der Waals surface area contributed by atoms with Gasteiger partial charge in [-0.1, -0.05) is 11.6 Å². The molecule has 0 aromatic heterocycles. The Bertz CT molecular complexity index is 418. The molecular weight excluding hydrogens is 319 g/mol. The Balaban J connectivity index is 2.10. The van der Waals surface area contributed by atoms with E-state index in [1.165, 1.54) is 12.1 Å². The van der Waals surface area contributed by atoms with E-state index in [2.05, 4.69) is 40.1 Å². The van der Waals surface area contributed by atoms with E-state index in [0.717, 1.165) is 25.1 Å². The third kappa shape index (κ3) is 3.16. The molecule has 100 valence electrons.